The molecule has 2 heterocycles. The van der Waals surface area contributed by atoms with E-state index in [0.717, 1.165) is 39.0 Å². The van der Waals surface area contributed by atoms with Crippen molar-refractivity contribution in [3.8, 4) is 0 Å². The minimum atomic E-state index is -3.79. The zero-order valence-electron chi connectivity index (χ0n) is 15.0. The molecular weight excluding hydrogens is 352 g/mol. The number of anilines is 1. The van der Waals surface area contributed by atoms with Crippen LogP contribution in [0.15, 0.2) is 41.3 Å². The van der Waals surface area contributed by atoms with Crippen LogP contribution in [0, 0.1) is 0 Å². The van der Waals surface area contributed by atoms with E-state index in [1.165, 1.54) is 12.1 Å². The lowest BCUT2D eigenvalue weighted by Crippen LogP contribution is -2.50. The summed E-state index contributed by atoms with van der Waals surface area (Å²) < 4.78 is 22.9. The van der Waals surface area contributed by atoms with Crippen molar-refractivity contribution >= 4 is 21.6 Å². The van der Waals surface area contributed by atoms with Crippen LogP contribution >= 0.6 is 0 Å². The number of hydrogen-bond acceptors (Lipinski definition) is 5. The maximum absolute atomic E-state index is 12.6. The minimum Gasteiger partial charge on any atom is -0.325 e. The van der Waals surface area contributed by atoms with Crippen molar-refractivity contribution in [2.24, 2.45) is 5.14 Å². The predicted octanol–water partition coefficient (Wildman–Crippen LogP) is 0.997. The highest BCUT2D eigenvalue weighted by Crippen LogP contribution is 2.21. The zero-order valence-corrected chi connectivity index (χ0v) is 15.8. The number of carbonyl (C=O) groups excluding carboxylic acids is 1. The molecule has 2 aliphatic heterocycles. The normalized spacial score (nSPS) is 21.0. The van der Waals surface area contributed by atoms with Gasteiger partial charge < -0.3 is 5.32 Å². The van der Waals surface area contributed by atoms with Crippen LogP contribution in [0.3, 0.4) is 0 Å². The van der Waals surface area contributed by atoms with Crippen molar-refractivity contribution in [2.45, 2.75) is 36.7 Å². The predicted molar refractivity (Wildman–Crippen MR) is 101 cm³/mol. The summed E-state index contributed by atoms with van der Waals surface area (Å²) in [7, 11) is -3.79. The molecule has 0 radical (unpaired) electrons. The van der Waals surface area contributed by atoms with Crippen LogP contribution in [0.25, 0.3) is 0 Å². The lowest BCUT2D eigenvalue weighted by molar-refractivity contribution is -0.121. The molecule has 0 spiro atoms. The molecule has 26 heavy (non-hydrogen) atoms. The summed E-state index contributed by atoms with van der Waals surface area (Å²) in [4.78, 5) is 17.2. The third kappa shape index (κ3) is 4.50. The molecule has 0 saturated carbocycles. The van der Waals surface area contributed by atoms with Gasteiger partial charge in [-0.1, -0.05) is 18.2 Å². The van der Waals surface area contributed by atoms with E-state index < -0.39 is 10.0 Å². The first-order chi connectivity index (χ1) is 12.3. The van der Waals surface area contributed by atoms with Gasteiger partial charge in [0.1, 0.15) is 0 Å². The number of nitrogens with two attached hydrogens (primary N) is 1. The topological polar surface area (TPSA) is 95.7 Å². The number of benzene rings is 1. The van der Waals surface area contributed by atoms with Gasteiger partial charge in [-0.3, -0.25) is 14.6 Å². The van der Waals surface area contributed by atoms with Crippen molar-refractivity contribution in [3.05, 3.63) is 36.4 Å². The van der Waals surface area contributed by atoms with E-state index in [2.05, 4.69) is 27.3 Å². The molecule has 142 valence electrons. The first-order valence-corrected chi connectivity index (χ1v) is 10.5. The van der Waals surface area contributed by atoms with Crippen molar-refractivity contribution in [1.82, 2.24) is 9.80 Å². The molecule has 0 aliphatic carbocycles. The van der Waals surface area contributed by atoms with Gasteiger partial charge in [-0.25, -0.2) is 13.6 Å². The van der Waals surface area contributed by atoms with Crippen LogP contribution in [-0.2, 0) is 14.8 Å². The van der Waals surface area contributed by atoms with Crippen molar-refractivity contribution in [2.75, 3.05) is 31.5 Å². The summed E-state index contributed by atoms with van der Waals surface area (Å²) in [5, 5.41) is 7.94. The van der Waals surface area contributed by atoms with E-state index in [9.17, 15) is 13.2 Å². The molecule has 0 aromatic heterocycles. The second-order valence-corrected chi connectivity index (χ2v) is 8.49. The molecule has 0 unspecified atom stereocenters. The number of primary sulfonamides is 1. The van der Waals surface area contributed by atoms with E-state index >= 15 is 0 Å². The quantitative estimate of drug-likeness (QED) is 0.745. The lowest BCUT2D eigenvalue weighted by Gasteiger charge is -2.38. The number of likely N-dealkylation sites (tertiary alicyclic amines) is 1. The summed E-state index contributed by atoms with van der Waals surface area (Å²) in [6.07, 6.45) is 6.52. The Bertz CT molecular complexity index is 777. The second-order valence-electron chi connectivity index (χ2n) is 6.93. The SMILES string of the molecule is C[C@H](C(=O)Nc1cccc(S(N)(=O)=O)c1)N1CCC(N2CC=CC2)CC1. The molecule has 0 bridgehead atoms. The van der Waals surface area contributed by atoms with Crippen LogP contribution in [0.4, 0.5) is 5.69 Å². The van der Waals surface area contributed by atoms with Crippen molar-refractivity contribution < 1.29 is 13.2 Å². The lowest BCUT2D eigenvalue weighted by atomic mass is 10.0. The van der Waals surface area contributed by atoms with E-state index in [4.69, 9.17) is 5.14 Å². The third-order valence-electron chi connectivity index (χ3n) is 5.22. The third-order valence-corrected chi connectivity index (χ3v) is 6.13. The van der Waals surface area contributed by atoms with Crippen molar-refractivity contribution in [3.63, 3.8) is 0 Å². The summed E-state index contributed by atoms with van der Waals surface area (Å²) in [6.45, 7) is 5.71. The van der Waals surface area contributed by atoms with Crippen LogP contribution in [-0.4, -0.2) is 62.4 Å². The van der Waals surface area contributed by atoms with Gasteiger partial charge in [0.05, 0.1) is 10.9 Å². The number of piperidine rings is 1. The summed E-state index contributed by atoms with van der Waals surface area (Å²) in [5.41, 5.74) is 0.436. The van der Waals surface area contributed by atoms with E-state index in [1.54, 1.807) is 12.1 Å². The summed E-state index contributed by atoms with van der Waals surface area (Å²) in [6, 6.07) is 6.33. The zero-order chi connectivity index (χ0) is 18.7. The Hall–Kier alpha value is -1.74. The largest absolute Gasteiger partial charge is 0.325 e. The summed E-state index contributed by atoms with van der Waals surface area (Å²) >= 11 is 0. The number of nitrogens with zero attached hydrogens (tertiary/aromatic N) is 2. The number of nitrogens with one attached hydrogen (secondary N) is 1. The maximum atomic E-state index is 12.6. The highest BCUT2D eigenvalue weighted by atomic mass is 32.2. The molecular formula is C18H26N4O3S. The first-order valence-electron chi connectivity index (χ1n) is 8.91. The average molecular weight is 378 g/mol. The molecule has 2 aliphatic rings. The van der Waals surface area contributed by atoms with Gasteiger partial charge >= 0.3 is 0 Å². The number of rotatable bonds is 5. The van der Waals surface area contributed by atoms with Gasteiger partial charge in [0, 0.05) is 37.9 Å². The first kappa shape index (κ1) is 19.0. The number of sulfonamides is 1. The van der Waals surface area contributed by atoms with Crippen LogP contribution in [0.2, 0.25) is 0 Å². The fourth-order valence-corrected chi connectivity index (χ4v) is 4.15. The fourth-order valence-electron chi connectivity index (χ4n) is 3.59. The molecule has 7 nitrogen and oxygen atoms in total. The Labute approximate surface area is 154 Å². The Balaban J connectivity index is 1.55. The Morgan fingerprint density at radius 2 is 1.88 bits per heavy atom. The number of amides is 1. The smallest absolute Gasteiger partial charge is 0.241 e. The minimum absolute atomic E-state index is 0.0111. The standard InChI is InChI=1S/C18H26N4O3S/c1-14(21-11-7-16(8-12-21)22-9-2-3-10-22)18(23)20-15-5-4-6-17(13-15)26(19,24)25/h2-6,13-14,16H,7-12H2,1H3,(H,20,23)(H2,19,24,25)/t14-/m1/s1. The Morgan fingerprint density at radius 3 is 2.50 bits per heavy atom. The molecule has 3 N–H and O–H groups in total. The highest BCUT2D eigenvalue weighted by Gasteiger charge is 2.29. The Kier molecular flexibility index (Phi) is 5.76. The molecule has 8 heteroatoms. The van der Waals surface area contributed by atoms with Crippen LogP contribution < -0.4 is 10.5 Å². The molecule has 1 saturated heterocycles. The monoisotopic (exact) mass is 378 g/mol. The number of carbonyl (C=O) groups is 1. The summed E-state index contributed by atoms with van der Waals surface area (Å²) in [5.74, 6) is -0.141. The highest BCUT2D eigenvalue weighted by molar-refractivity contribution is 7.89. The van der Waals surface area contributed by atoms with Crippen LogP contribution in [0.5, 0.6) is 0 Å². The van der Waals surface area contributed by atoms with Crippen molar-refractivity contribution in [1.29, 1.82) is 0 Å². The van der Waals surface area contributed by atoms with Gasteiger partial charge in [0.2, 0.25) is 15.9 Å². The maximum Gasteiger partial charge on any atom is 0.241 e. The number of hydrogen-bond donors (Lipinski definition) is 2. The second kappa shape index (κ2) is 7.87. The van der Waals surface area contributed by atoms with E-state index in [0.29, 0.717) is 11.7 Å². The molecule has 1 aromatic carbocycles. The molecule has 1 atom stereocenters. The Morgan fingerprint density at radius 1 is 1.23 bits per heavy atom. The van der Waals surface area contributed by atoms with Gasteiger partial charge in [-0.05, 0) is 38.0 Å². The molecule has 1 fully saturated rings. The van der Waals surface area contributed by atoms with Gasteiger partial charge in [-0.2, -0.15) is 0 Å². The average Bonchev–Trinajstić information content (AvgIpc) is 3.15. The van der Waals surface area contributed by atoms with Crippen LogP contribution in [0.1, 0.15) is 19.8 Å². The van der Waals surface area contributed by atoms with E-state index in [-0.39, 0.29) is 16.8 Å². The molecule has 3 rings (SSSR count). The van der Waals surface area contributed by atoms with Gasteiger partial charge in [-0.15, -0.1) is 0 Å². The molecule has 1 aromatic rings. The van der Waals surface area contributed by atoms with Gasteiger partial charge in [0.15, 0.2) is 0 Å². The van der Waals surface area contributed by atoms with Gasteiger partial charge in [0.25, 0.3) is 0 Å². The van der Waals surface area contributed by atoms with E-state index in [1.807, 2.05) is 6.92 Å². The molecule has 1 amide bonds. The fraction of sp³-hybridized carbons (Fsp3) is 0.500.